The molecule has 0 radical (unpaired) electrons. The number of fused-ring (bicyclic) bond motifs is 3. The van der Waals surface area contributed by atoms with E-state index in [1.54, 1.807) is 18.7 Å². The summed E-state index contributed by atoms with van der Waals surface area (Å²) in [7, 11) is -3.83. The monoisotopic (exact) mass is 702 g/mol. The summed E-state index contributed by atoms with van der Waals surface area (Å²) in [5.74, 6) is -1.14. The number of nitrogens with one attached hydrogen (secondary N) is 2. The fraction of sp³-hybridized carbons (Fsp3) is 0.722. The first-order chi connectivity index (χ1) is 23.0. The van der Waals surface area contributed by atoms with Gasteiger partial charge in [-0.15, -0.1) is 0 Å². The third-order valence-electron chi connectivity index (χ3n) is 10.9. The molecule has 4 amide bonds. The van der Waals surface area contributed by atoms with Crippen LogP contribution in [0.3, 0.4) is 0 Å². The van der Waals surface area contributed by atoms with Crippen LogP contribution in [-0.2, 0) is 43.1 Å². The molecule has 7 atom stereocenters. The molecule has 1 aromatic carbocycles. The first kappa shape index (κ1) is 37.2. The first-order valence-corrected chi connectivity index (χ1v) is 19.6. The molecule has 4 aliphatic rings. The summed E-state index contributed by atoms with van der Waals surface area (Å²) >= 11 is 0. The number of hydrogen-bond donors (Lipinski definition) is 3. The minimum absolute atomic E-state index is 0.0124. The second kappa shape index (κ2) is 14.3. The van der Waals surface area contributed by atoms with Gasteiger partial charge in [0.2, 0.25) is 19.2 Å². The molecule has 1 unspecified atom stereocenters. The van der Waals surface area contributed by atoms with Gasteiger partial charge in [-0.3, -0.25) is 19.1 Å². The third-order valence-corrected chi connectivity index (χ3v) is 14.1. The van der Waals surface area contributed by atoms with Crippen LogP contribution in [0.25, 0.3) is 0 Å². The Hall–Kier alpha value is -3.11. The van der Waals surface area contributed by atoms with Crippen molar-refractivity contribution in [3.63, 3.8) is 0 Å². The summed E-state index contributed by atoms with van der Waals surface area (Å²) in [6.07, 6.45) is 2.60. The number of carbonyl (C=O) groups excluding carboxylic acids is 4. The van der Waals surface area contributed by atoms with Crippen molar-refractivity contribution in [2.75, 3.05) is 13.2 Å². The number of benzene rings is 1. The topological polar surface area (TPSA) is 155 Å². The number of nitrogens with zero attached hydrogens (tertiary/aromatic N) is 2. The lowest BCUT2D eigenvalue weighted by Crippen LogP contribution is -2.58. The lowest BCUT2D eigenvalue weighted by atomic mass is 9.85. The van der Waals surface area contributed by atoms with E-state index in [9.17, 15) is 28.6 Å². The first-order valence-electron chi connectivity index (χ1n) is 17.9. The lowest BCUT2D eigenvalue weighted by Gasteiger charge is -2.36. The molecule has 0 spiro atoms. The van der Waals surface area contributed by atoms with Gasteiger partial charge in [-0.1, -0.05) is 79.5 Å². The third kappa shape index (κ3) is 7.65. The smallest absolute Gasteiger partial charge is 0.410 e. The van der Waals surface area contributed by atoms with Gasteiger partial charge in [-0.2, -0.15) is 0 Å². The predicted molar refractivity (Wildman–Crippen MR) is 185 cm³/mol. The van der Waals surface area contributed by atoms with Gasteiger partial charge in [0.1, 0.15) is 23.5 Å². The maximum atomic E-state index is 14.4. The van der Waals surface area contributed by atoms with Crippen LogP contribution in [0.2, 0.25) is 0 Å². The van der Waals surface area contributed by atoms with E-state index in [0.29, 0.717) is 25.9 Å². The van der Waals surface area contributed by atoms with Crippen molar-refractivity contribution in [1.29, 1.82) is 0 Å². The van der Waals surface area contributed by atoms with Gasteiger partial charge in [-0.25, -0.2) is 9.59 Å². The number of aryl methyl sites for hydroxylation is 1. The molecule has 4 bridgehead atoms. The molecule has 1 saturated carbocycles. The molecule has 3 aliphatic heterocycles. The Kier molecular flexibility index (Phi) is 10.8. The van der Waals surface area contributed by atoms with E-state index in [1.807, 2.05) is 46.8 Å². The van der Waals surface area contributed by atoms with E-state index in [1.165, 1.54) is 10.5 Å². The Balaban J connectivity index is 1.45. The fourth-order valence-corrected chi connectivity index (χ4v) is 10.1. The SMILES string of the molecule is CC[C@H]1C[C@]1(NC(=O)[C@@H]1C[C@@H]2CN1C(=O)[C@H](C(C)(C)C)NC(=O)OC[C@@H](C)CCCCc1cccc3c1CN(C3)C(=O)O2)P(=O)(O)C(C)C. The number of carbonyl (C=O) groups is 4. The standard InChI is InChI=1S/C36H55N4O8P/c1-8-26-17-36(26,49(45,46)22(2)3)38-31(41)29-16-27-19-40(29)32(42)30(35(5,6)7)37-33(43)47-21-23(4)12-9-10-13-24-14-11-15-25-18-39(20-28(24)25)34(44)48-27/h11,14-15,22-23,26-27,29-30H,8-10,12-13,16-21H2,1-7H3,(H,37,43)(H,38,41)(H,45,46)/t23-,26-,27+,29-,30+,36-/m0/s1. The Morgan fingerprint density at radius 3 is 2.53 bits per heavy atom. The van der Waals surface area contributed by atoms with Gasteiger partial charge in [0.05, 0.1) is 13.2 Å². The maximum absolute atomic E-state index is 14.4. The molecule has 1 saturated heterocycles. The number of cyclic esters (lactones) is 1. The molecule has 3 N–H and O–H groups in total. The average Bonchev–Trinajstić information content (AvgIpc) is 3.35. The summed E-state index contributed by atoms with van der Waals surface area (Å²) in [6.45, 7) is 13.7. The number of rotatable bonds is 5. The van der Waals surface area contributed by atoms with Crippen molar-refractivity contribution < 1.29 is 38.1 Å². The van der Waals surface area contributed by atoms with Gasteiger partial charge in [-0.05, 0) is 59.6 Å². The van der Waals surface area contributed by atoms with E-state index in [2.05, 4.69) is 16.7 Å². The molecule has 2 fully saturated rings. The van der Waals surface area contributed by atoms with Crippen LogP contribution in [0.1, 0.15) is 104 Å². The average molecular weight is 703 g/mol. The second-order valence-corrected chi connectivity index (χ2v) is 19.1. The van der Waals surface area contributed by atoms with Gasteiger partial charge >= 0.3 is 12.2 Å². The van der Waals surface area contributed by atoms with Crippen LogP contribution in [0.15, 0.2) is 18.2 Å². The highest BCUT2D eigenvalue weighted by atomic mass is 31.2. The highest BCUT2D eigenvalue weighted by molar-refractivity contribution is 7.60. The van der Waals surface area contributed by atoms with Gasteiger partial charge in [0, 0.05) is 25.2 Å². The summed E-state index contributed by atoms with van der Waals surface area (Å²) < 4.78 is 25.2. The maximum Gasteiger partial charge on any atom is 0.410 e. The van der Waals surface area contributed by atoms with Crippen molar-refractivity contribution in [3.8, 4) is 0 Å². The summed E-state index contributed by atoms with van der Waals surface area (Å²) in [4.78, 5) is 69.4. The minimum atomic E-state index is -3.83. The van der Waals surface area contributed by atoms with Crippen molar-refractivity contribution in [3.05, 3.63) is 34.9 Å². The number of amides is 4. The van der Waals surface area contributed by atoms with Crippen LogP contribution in [0.4, 0.5) is 9.59 Å². The molecule has 1 aliphatic carbocycles. The molecule has 5 rings (SSSR count). The zero-order chi connectivity index (χ0) is 35.9. The van der Waals surface area contributed by atoms with E-state index in [4.69, 9.17) is 9.47 Å². The molecule has 49 heavy (non-hydrogen) atoms. The van der Waals surface area contributed by atoms with Gasteiger partial charge in [0.15, 0.2) is 0 Å². The van der Waals surface area contributed by atoms with E-state index >= 15 is 0 Å². The van der Waals surface area contributed by atoms with Crippen LogP contribution < -0.4 is 10.6 Å². The number of hydrogen-bond acceptors (Lipinski definition) is 7. The summed E-state index contributed by atoms with van der Waals surface area (Å²) in [5, 5.41) is 4.41. The van der Waals surface area contributed by atoms with E-state index in [0.717, 1.165) is 36.8 Å². The highest BCUT2D eigenvalue weighted by Crippen LogP contribution is 2.72. The van der Waals surface area contributed by atoms with Crippen molar-refractivity contribution in [2.24, 2.45) is 17.3 Å². The molecule has 0 aromatic heterocycles. The Morgan fingerprint density at radius 2 is 1.88 bits per heavy atom. The van der Waals surface area contributed by atoms with Crippen LogP contribution in [0, 0.1) is 17.3 Å². The molecule has 12 nitrogen and oxygen atoms in total. The summed E-state index contributed by atoms with van der Waals surface area (Å²) in [6, 6.07) is 4.00. The number of ether oxygens (including phenoxy) is 2. The van der Waals surface area contributed by atoms with Crippen LogP contribution >= 0.6 is 7.37 Å². The van der Waals surface area contributed by atoms with Gasteiger partial charge in [0.25, 0.3) is 0 Å². The molecular weight excluding hydrogens is 647 g/mol. The predicted octanol–water partition coefficient (Wildman–Crippen LogP) is 5.53. The lowest BCUT2D eigenvalue weighted by molar-refractivity contribution is -0.142. The van der Waals surface area contributed by atoms with E-state index in [-0.39, 0.29) is 31.4 Å². The Labute approximate surface area is 290 Å². The molecule has 272 valence electrons. The molecule has 3 heterocycles. The zero-order valence-electron chi connectivity index (χ0n) is 30.1. The van der Waals surface area contributed by atoms with Crippen molar-refractivity contribution in [1.82, 2.24) is 20.4 Å². The van der Waals surface area contributed by atoms with Crippen molar-refractivity contribution >= 4 is 31.4 Å². The quantitative estimate of drug-likeness (QED) is 0.339. The molecule has 1 aromatic rings. The van der Waals surface area contributed by atoms with E-state index < -0.39 is 65.9 Å². The van der Waals surface area contributed by atoms with Crippen LogP contribution in [0.5, 0.6) is 0 Å². The molecule has 13 heteroatoms. The number of alkyl carbamates (subject to hydrolysis) is 1. The largest absolute Gasteiger partial charge is 0.449 e. The fourth-order valence-electron chi connectivity index (χ4n) is 7.71. The molecular formula is C36H55N4O8P. The normalized spacial score (nSPS) is 31.0. The minimum Gasteiger partial charge on any atom is -0.449 e. The Morgan fingerprint density at radius 1 is 1.16 bits per heavy atom. The van der Waals surface area contributed by atoms with Gasteiger partial charge < -0.3 is 29.9 Å². The zero-order valence-corrected chi connectivity index (χ0v) is 31.0. The van der Waals surface area contributed by atoms with Crippen LogP contribution in [-0.4, -0.2) is 81.0 Å². The Bertz CT molecular complexity index is 1490. The second-order valence-electron chi connectivity index (χ2n) is 16.0. The van der Waals surface area contributed by atoms with Crippen molar-refractivity contribution in [2.45, 2.75) is 136 Å². The highest BCUT2D eigenvalue weighted by Gasteiger charge is 2.67. The summed E-state index contributed by atoms with van der Waals surface area (Å²) in [5.41, 5.74) is 2.08.